The summed E-state index contributed by atoms with van der Waals surface area (Å²) in [6.45, 7) is 21.6. The van der Waals surface area contributed by atoms with Crippen molar-refractivity contribution < 1.29 is 19.1 Å². The van der Waals surface area contributed by atoms with Gasteiger partial charge in [-0.05, 0) is 75.3 Å². The van der Waals surface area contributed by atoms with Crippen molar-refractivity contribution in [2.45, 2.75) is 112 Å². The second-order valence-corrected chi connectivity index (χ2v) is 18.8. The normalized spacial score (nSPS) is 21.3. The van der Waals surface area contributed by atoms with Gasteiger partial charge in [-0.25, -0.2) is 9.79 Å². The van der Waals surface area contributed by atoms with Crippen LogP contribution in [-0.2, 0) is 9.59 Å². The molecule has 0 unspecified atom stereocenters. The number of amidine groups is 1. The molecule has 60 heavy (non-hydrogen) atoms. The summed E-state index contributed by atoms with van der Waals surface area (Å²) in [5, 5.41) is 19.1. The molecule has 0 spiro atoms. The van der Waals surface area contributed by atoms with Crippen LogP contribution in [0.2, 0.25) is 5.02 Å². The number of aromatic nitrogens is 1. The molecule has 1 aromatic heterocycles. The number of rotatable bonds is 12. The van der Waals surface area contributed by atoms with E-state index in [-0.39, 0.29) is 40.7 Å². The van der Waals surface area contributed by atoms with Gasteiger partial charge in [0.15, 0.2) is 0 Å². The fraction of sp³-hybridized carbons (Fsp3) is 0.553. The summed E-state index contributed by atoms with van der Waals surface area (Å²) in [5.74, 6) is 2.05. The number of likely N-dealkylation sites (tertiary alicyclic amines) is 2. The molecule has 1 saturated carbocycles. The van der Waals surface area contributed by atoms with Crippen molar-refractivity contribution in [3.05, 3.63) is 71.0 Å². The van der Waals surface area contributed by atoms with Crippen LogP contribution >= 0.6 is 11.6 Å². The number of hydrogen-bond acceptors (Lipinski definition) is 7. The maximum absolute atomic E-state index is 13.5. The van der Waals surface area contributed by atoms with E-state index in [9.17, 15) is 19.6 Å². The van der Waals surface area contributed by atoms with Crippen molar-refractivity contribution in [1.29, 1.82) is 5.26 Å². The maximum Gasteiger partial charge on any atom is 0.325 e. The molecule has 0 bridgehead atoms. The quantitative estimate of drug-likeness (QED) is 0.0939. The van der Waals surface area contributed by atoms with Crippen molar-refractivity contribution in [2.75, 3.05) is 38.0 Å². The van der Waals surface area contributed by atoms with Crippen LogP contribution < -0.4 is 20.7 Å². The third-order valence-electron chi connectivity index (χ3n) is 12.8. The molecule has 0 radical (unpaired) electrons. The SMILES string of the molecule is CCCC(=O)NC(=O)Nc1cccc2c1ccn2C1CCN(CC2CCN(C(=N/C=C(\C)C(=O)NC3C(C)(C)C(Oc4ccc(C#N)c(Cl)c4)C3(C)C)C(C)C)CC2)CC1. The average molecular weight is 840 g/mol. The zero-order chi connectivity index (χ0) is 43.4. The van der Waals surface area contributed by atoms with Crippen LogP contribution in [0.4, 0.5) is 10.5 Å². The molecule has 3 N–H and O–H groups in total. The molecular weight excluding hydrogens is 776 g/mol. The molecule has 1 aliphatic carbocycles. The fourth-order valence-electron chi connectivity index (χ4n) is 9.93. The molecule has 12 nitrogen and oxygen atoms in total. The summed E-state index contributed by atoms with van der Waals surface area (Å²) in [6.07, 6.45) is 9.02. The van der Waals surface area contributed by atoms with E-state index >= 15 is 0 Å². The number of piperidine rings is 2. The molecule has 2 saturated heterocycles. The molecule has 3 aromatic rings. The number of nitrogens with zero attached hydrogens (tertiary/aromatic N) is 5. The minimum atomic E-state index is -0.499. The Kier molecular flexibility index (Phi) is 14.0. The van der Waals surface area contributed by atoms with Gasteiger partial charge in [0.1, 0.15) is 23.8 Å². The lowest BCUT2D eigenvalue weighted by molar-refractivity contribution is -0.172. The van der Waals surface area contributed by atoms with Gasteiger partial charge in [0.2, 0.25) is 11.8 Å². The van der Waals surface area contributed by atoms with Crippen molar-refractivity contribution in [1.82, 2.24) is 25.0 Å². The lowest BCUT2D eigenvalue weighted by Gasteiger charge is -2.63. The largest absolute Gasteiger partial charge is 0.489 e. The second kappa shape index (κ2) is 18.8. The van der Waals surface area contributed by atoms with Crippen LogP contribution in [0.3, 0.4) is 0 Å². The number of anilines is 1. The Morgan fingerprint density at radius 2 is 1.72 bits per heavy atom. The van der Waals surface area contributed by atoms with E-state index in [1.165, 1.54) is 0 Å². The number of carbonyl (C=O) groups excluding carboxylic acids is 3. The Labute approximate surface area is 360 Å². The standard InChI is InChI=1S/C47H63ClN8O4/c1-9-11-40(57)52-45(59)51-38-12-10-13-39-36(38)20-25-56(39)34-18-21-54(22-19-34)29-32-16-23-55(24-17-32)41(30(2)3)50-28-31(4)42(58)53-43-46(5,6)44(47(43,7)8)60-35-15-14-33(27-49)37(48)26-35/h10,12-15,20,25-26,28,30,32,34,43-44H,9,11,16-19,21-24,29H2,1-8H3,(H,53,58)(H2,51,52,57,59)/b31-28+,50-41?. The number of benzene rings is 2. The minimum absolute atomic E-state index is 0.131. The van der Waals surface area contributed by atoms with Crippen molar-refractivity contribution >= 4 is 51.9 Å². The van der Waals surface area contributed by atoms with E-state index < -0.39 is 6.03 Å². The molecule has 2 aliphatic heterocycles. The third-order valence-corrected chi connectivity index (χ3v) is 13.2. The highest BCUT2D eigenvalue weighted by Crippen LogP contribution is 2.55. The topological polar surface area (TPSA) is 144 Å². The lowest BCUT2D eigenvalue weighted by atomic mass is 9.49. The van der Waals surface area contributed by atoms with E-state index in [0.29, 0.717) is 52.4 Å². The molecule has 3 aliphatic rings. The summed E-state index contributed by atoms with van der Waals surface area (Å²) in [5.41, 5.74) is 2.05. The van der Waals surface area contributed by atoms with Crippen molar-refractivity contribution in [3.63, 3.8) is 0 Å². The summed E-state index contributed by atoms with van der Waals surface area (Å²) >= 11 is 6.27. The summed E-state index contributed by atoms with van der Waals surface area (Å²) in [4.78, 5) is 47.9. The molecule has 6 rings (SSSR count). The molecule has 322 valence electrons. The number of nitrogens with one attached hydrogen (secondary N) is 3. The number of halogens is 1. The first-order chi connectivity index (χ1) is 28.5. The molecule has 3 fully saturated rings. The molecule has 0 atom stereocenters. The smallest absolute Gasteiger partial charge is 0.325 e. The van der Waals surface area contributed by atoms with Crippen LogP contribution in [-0.4, -0.2) is 82.9 Å². The Morgan fingerprint density at radius 1 is 1.02 bits per heavy atom. The van der Waals surface area contributed by atoms with Gasteiger partial charge >= 0.3 is 6.03 Å². The first-order valence-electron chi connectivity index (χ1n) is 21.6. The highest BCUT2D eigenvalue weighted by molar-refractivity contribution is 6.31. The number of amides is 4. The van der Waals surface area contributed by atoms with Crippen LogP contribution in [0.15, 0.2) is 65.4 Å². The fourth-order valence-corrected chi connectivity index (χ4v) is 10.1. The van der Waals surface area contributed by atoms with Crippen molar-refractivity contribution in [2.24, 2.45) is 27.7 Å². The third kappa shape index (κ3) is 9.84. The average Bonchev–Trinajstić information content (AvgIpc) is 3.65. The number of hydrogen-bond donors (Lipinski definition) is 3. The predicted octanol–water partition coefficient (Wildman–Crippen LogP) is 8.92. The van der Waals surface area contributed by atoms with Gasteiger partial charge in [0.25, 0.3) is 0 Å². The predicted molar refractivity (Wildman–Crippen MR) is 239 cm³/mol. The van der Waals surface area contributed by atoms with Gasteiger partial charge < -0.3 is 29.7 Å². The van der Waals surface area contributed by atoms with Gasteiger partial charge in [0.05, 0.1) is 21.8 Å². The van der Waals surface area contributed by atoms with Crippen LogP contribution in [0.5, 0.6) is 5.75 Å². The van der Waals surface area contributed by atoms with E-state index in [0.717, 1.165) is 75.1 Å². The number of urea groups is 1. The first kappa shape index (κ1) is 44.7. The summed E-state index contributed by atoms with van der Waals surface area (Å²) in [6, 6.07) is 14.9. The highest BCUT2D eigenvalue weighted by Gasteiger charge is 2.64. The number of aliphatic imine (C=N–C) groups is 1. The molecule has 2 aromatic carbocycles. The van der Waals surface area contributed by atoms with Crippen LogP contribution in [0, 0.1) is 34.0 Å². The molecule has 13 heteroatoms. The van der Waals surface area contributed by atoms with Gasteiger partial charge in [-0.15, -0.1) is 0 Å². The lowest BCUT2D eigenvalue weighted by Crippen LogP contribution is -2.74. The van der Waals surface area contributed by atoms with Crippen LogP contribution in [0.1, 0.15) is 106 Å². The maximum atomic E-state index is 13.5. The Hall–Kier alpha value is -4.86. The van der Waals surface area contributed by atoms with E-state index in [1.54, 1.807) is 24.4 Å². The van der Waals surface area contributed by atoms with Gasteiger partial charge in [0, 0.05) is 97.4 Å². The van der Waals surface area contributed by atoms with E-state index in [4.69, 9.17) is 21.3 Å². The number of imide groups is 1. The van der Waals surface area contributed by atoms with Crippen LogP contribution in [0.25, 0.3) is 10.9 Å². The highest BCUT2D eigenvalue weighted by atomic mass is 35.5. The number of carbonyl (C=O) groups is 3. The Morgan fingerprint density at radius 3 is 2.35 bits per heavy atom. The summed E-state index contributed by atoms with van der Waals surface area (Å²) < 4.78 is 8.75. The zero-order valence-corrected chi connectivity index (χ0v) is 37.4. The summed E-state index contributed by atoms with van der Waals surface area (Å²) in [7, 11) is 0. The van der Waals surface area contributed by atoms with Gasteiger partial charge in [-0.3, -0.25) is 14.9 Å². The monoisotopic (exact) mass is 838 g/mol. The van der Waals surface area contributed by atoms with Gasteiger partial charge in [-0.1, -0.05) is 66.1 Å². The molecule has 3 heterocycles. The number of fused-ring (bicyclic) bond motifs is 1. The van der Waals surface area contributed by atoms with Crippen molar-refractivity contribution in [3.8, 4) is 11.8 Å². The Bertz CT molecular complexity index is 2130. The number of nitriles is 1. The van der Waals surface area contributed by atoms with E-state index in [2.05, 4.69) is 96.3 Å². The number of ether oxygens (including phenoxy) is 1. The first-order valence-corrected chi connectivity index (χ1v) is 22.0. The molecule has 4 amide bonds. The van der Waals surface area contributed by atoms with Gasteiger partial charge in [-0.2, -0.15) is 5.26 Å². The minimum Gasteiger partial charge on any atom is -0.489 e. The zero-order valence-electron chi connectivity index (χ0n) is 36.6. The Balaban J connectivity index is 0.977. The van der Waals surface area contributed by atoms with E-state index in [1.807, 2.05) is 26.0 Å². The molecular formula is C47H63ClN8O4. The second-order valence-electron chi connectivity index (χ2n) is 18.4.